The molecule has 54 heavy (non-hydrogen) atoms. The number of fused-ring (bicyclic) bond motifs is 2. The lowest BCUT2D eigenvalue weighted by Crippen LogP contribution is -2.38. The van der Waals surface area contributed by atoms with Crippen molar-refractivity contribution in [2.75, 3.05) is 12.0 Å². The van der Waals surface area contributed by atoms with E-state index in [-0.39, 0.29) is 41.2 Å². The van der Waals surface area contributed by atoms with Gasteiger partial charge in [-0.1, -0.05) is 48.0 Å². The molecular weight excluding hydrogens is 715 g/mol. The largest absolute Gasteiger partial charge is 0.497 e. The highest BCUT2D eigenvalue weighted by atomic mass is 35.5. The van der Waals surface area contributed by atoms with E-state index in [1.807, 2.05) is 18.2 Å². The summed E-state index contributed by atoms with van der Waals surface area (Å²) in [6, 6.07) is 22.0. The van der Waals surface area contributed by atoms with Gasteiger partial charge in [0, 0.05) is 22.6 Å². The van der Waals surface area contributed by atoms with Crippen LogP contribution in [0.2, 0.25) is 5.02 Å². The van der Waals surface area contributed by atoms with Gasteiger partial charge in [0.1, 0.15) is 28.8 Å². The molecule has 13 heteroatoms. The molecule has 6 rings (SSSR count). The molecule has 2 heterocycles. The summed E-state index contributed by atoms with van der Waals surface area (Å²) in [5, 5.41) is 0.447. The van der Waals surface area contributed by atoms with Gasteiger partial charge in [-0.3, -0.25) is 9.79 Å². The molecule has 11 nitrogen and oxygen atoms in total. The topological polar surface area (TPSA) is 121 Å². The van der Waals surface area contributed by atoms with Crippen molar-refractivity contribution < 1.29 is 33.0 Å². The number of halogens is 2. The molecule has 0 aliphatic carbocycles. The summed E-state index contributed by atoms with van der Waals surface area (Å²) in [4.78, 5) is 62.1. The number of ether oxygens (including phenoxy) is 3. The Kier molecular flexibility index (Phi) is 10.3. The molecule has 1 aromatic heterocycles. The maximum absolute atomic E-state index is 15.3. The van der Waals surface area contributed by atoms with Gasteiger partial charge < -0.3 is 19.1 Å². The summed E-state index contributed by atoms with van der Waals surface area (Å²) >= 11 is 6.58. The Morgan fingerprint density at radius 2 is 1.44 bits per heavy atom. The van der Waals surface area contributed by atoms with Gasteiger partial charge in [-0.15, -0.1) is 0 Å². The lowest BCUT2D eigenvalue weighted by atomic mass is 9.99. The van der Waals surface area contributed by atoms with E-state index in [0.29, 0.717) is 27.6 Å². The van der Waals surface area contributed by atoms with Gasteiger partial charge in [0.05, 0.1) is 36.1 Å². The first-order valence-corrected chi connectivity index (χ1v) is 17.6. The van der Waals surface area contributed by atoms with Gasteiger partial charge in [0.15, 0.2) is 0 Å². The first-order valence-electron chi connectivity index (χ1n) is 17.2. The Bertz CT molecular complexity index is 2370. The lowest BCUT2D eigenvalue weighted by molar-refractivity contribution is -0.119. The van der Waals surface area contributed by atoms with Gasteiger partial charge in [-0.25, -0.2) is 18.8 Å². The summed E-state index contributed by atoms with van der Waals surface area (Å²) in [7, 11) is 1.56. The zero-order chi connectivity index (χ0) is 39.1. The number of hydrogen-bond acceptors (Lipinski definition) is 8. The fourth-order valence-electron chi connectivity index (χ4n) is 6.14. The fraction of sp³-hybridized carbons (Fsp3) is 0.293. The maximum Gasteiger partial charge on any atom is 0.423 e. The second-order valence-corrected chi connectivity index (χ2v) is 15.2. The maximum atomic E-state index is 15.3. The highest BCUT2D eigenvalue weighted by Gasteiger charge is 2.34. The summed E-state index contributed by atoms with van der Waals surface area (Å²) in [6.45, 7) is 10.0. The number of hydrogen-bond donors (Lipinski definition) is 0. The molecule has 1 amide bonds. The second-order valence-electron chi connectivity index (χ2n) is 14.8. The minimum Gasteiger partial charge on any atom is -0.497 e. The van der Waals surface area contributed by atoms with E-state index in [4.69, 9.17) is 30.8 Å². The number of aromatic nitrogens is 2. The van der Waals surface area contributed by atoms with E-state index in [0.717, 1.165) is 14.7 Å². The second kappa shape index (κ2) is 14.6. The van der Waals surface area contributed by atoms with E-state index in [9.17, 15) is 19.2 Å². The number of rotatable bonds is 6. The van der Waals surface area contributed by atoms with Crippen LogP contribution in [0.15, 0.2) is 94.7 Å². The molecular formula is C41H40ClFN4O7. The number of anilines is 1. The smallest absolute Gasteiger partial charge is 0.423 e. The highest BCUT2D eigenvalue weighted by molar-refractivity contribution is 6.31. The van der Waals surface area contributed by atoms with Crippen molar-refractivity contribution in [1.29, 1.82) is 0 Å². The number of imidazole rings is 1. The van der Waals surface area contributed by atoms with Gasteiger partial charge in [-0.05, 0) is 101 Å². The lowest BCUT2D eigenvalue weighted by Gasteiger charge is -2.26. The SMILES string of the molecule is COc1ccc(CN2C(=O)C(Cc3ccccc3Cl)N=C(c3ccc4c(c3)n(C(=O)OC(C)(C)C)c(=O)n4C(=O)OC(C)(C)C)c3cc(F)ccc32)cc1. The standard InChI is InChI=1S/C41H40ClFN4O7/c1-40(2,3)53-38(50)46-33-18-14-26(21-34(33)47(37(46)49)39(51)54-41(4,5)6)35-29-22-27(43)15-19-32(29)45(23-24-12-16-28(52-7)17-13-24)36(48)31(44-35)20-25-10-8-9-11-30(25)42/h8-19,21-22,31H,20,23H2,1-7H3. The number of nitrogens with zero attached hydrogens (tertiary/aromatic N) is 4. The Morgan fingerprint density at radius 1 is 0.815 bits per heavy atom. The zero-order valence-electron chi connectivity index (χ0n) is 31.0. The van der Waals surface area contributed by atoms with Crippen LogP contribution in [-0.4, -0.2) is 57.3 Å². The Labute approximate surface area is 316 Å². The van der Waals surface area contributed by atoms with Crippen LogP contribution in [0.3, 0.4) is 0 Å². The number of benzene rings is 4. The summed E-state index contributed by atoms with van der Waals surface area (Å²) < 4.78 is 33.2. The van der Waals surface area contributed by atoms with Crippen molar-refractivity contribution in [3.63, 3.8) is 0 Å². The van der Waals surface area contributed by atoms with Crippen molar-refractivity contribution in [2.45, 2.75) is 71.8 Å². The van der Waals surface area contributed by atoms with E-state index < -0.39 is 40.9 Å². The summed E-state index contributed by atoms with van der Waals surface area (Å²) in [5.74, 6) is -0.298. The summed E-state index contributed by atoms with van der Waals surface area (Å²) in [6.07, 6.45) is -1.91. The normalized spacial score (nSPS) is 14.7. The van der Waals surface area contributed by atoms with Crippen LogP contribution in [-0.2, 0) is 27.2 Å². The van der Waals surface area contributed by atoms with E-state index in [2.05, 4.69) is 0 Å². The van der Waals surface area contributed by atoms with Gasteiger partial charge in [0.25, 0.3) is 5.91 Å². The van der Waals surface area contributed by atoms with E-state index in [1.165, 1.54) is 30.3 Å². The monoisotopic (exact) mass is 754 g/mol. The molecule has 1 aliphatic heterocycles. The van der Waals surface area contributed by atoms with E-state index in [1.54, 1.807) is 90.0 Å². The van der Waals surface area contributed by atoms with Crippen LogP contribution < -0.4 is 15.3 Å². The Hall–Kier alpha value is -5.75. The summed E-state index contributed by atoms with van der Waals surface area (Å²) in [5.41, 5.74) is -0.221. The number of amides is 1. The molecule has 0 spiro atoms. The van der Waals surface area contributed by atoms with Crippen molar-refractivity contribution in [3.8, 4) is 5.75 Å². The van der Waals surface area contributed by atoms with Crippen LogP contribution in [0.5, 0.6) is 5.75 Å². The molecule has 5 aromatic rings. The van der Waals surface area contributed by atoms with Crippen molar-refractivity contribution >= 4 is 52.1 Å². The minimum atomic E-state index is -1.04. The van der Waals surface area contributed by atoms with Crippen molar-refractivity contribution in [2.24, 2.45) is 4.99 Å². The molecule has 0 radical (unpaired) electrons. The first kappa shape index (κ1) is 38.0. The number of carbonyl (C=O) groups is 3. The average Bonchev–Trinajstić information content (AvgIpc) is 3.34. The van der Waals surface area contributed by atoms with Gasteiger partial charge in [-0.2, -0.15) is 9.13 Å². The molecule has 0 fully saturated rings. The third-order valence-electron chi connectivity index (χ3n) is 8.48. The van der Waals surface area contributed by atoms with Crippen molar-refractivity contribution in [1.82, 2.24) is 9.13 Å². The van der Waals surface area contributed by atoms with Crippen molar-refractivity contribution in [3.05, 3.63) is 129 Å². The molecule has 1 aliphatic rings. The Balaban J connectivity index is 1.58. The van der Waals surface area contributed by atoms with Crippen LogP contribution in [0.25, 0.3) is 11.0 Å². The first-order chi connectivity index (χ1) is 25.4. The molecule has 0 saturated heterocycles. The van der Waals surface area contributed by atoms with Gasteiger partial charge >= 0.3 is 17.9 Å². The molecule has 0 bridgehead atoms. The predicted octanol–water partition coefficient (Wildman–Crippen LogP) is 8.17. The Morgan fingerprint density at radius 3 is 2.06 bits per heavy atom. The van der Waals surface area contributed by atoms with Crippen LogP contribution in [0.1, 0.15) is 63.8 Å². The average molecular weight is 755 g/mol. The predicted molar refractivity (Wildman–Crippen MR) is 205 cm³/mol. The molecule has 1 unspecified atom stereocenters. The van der Waals surface area contributed by atoms with Crippen LogP contribution in [0.4, 0.5) is 19.7 Å². The molecule has 0 N–H and O–H groups in total. The number of methoxy groups -OCH3 is 1. The zero-order valence-corrected chi connectivity index (χ0v) is 31.7. The third kappa shape index (κ3) is 7.93. The van der Waals surface area contributed by atoms with E-state index >= 15 is 4.39 Å². The quantitative estimate of drug-likeness (QED) is 0.172. The molecule has 4 aromatic carbocycles. The highest BCUT2D eigenvalue weighted by Crippen LogP contribution is 2.33. The molecule has 0 saturated carbocycles. The number of aliphatic imine (C=N–C) groups is 1. The van der Waals surface area contributed by atoms with Gasteiger partial charge in [0.2, 0.25) is 0 Å². The van der Waals surface area contributed by atoms with Crippen LogP contribution in [0, 0.1) is 5.82 Å². The fourth-order valence-corrected chi connectivity index (χ4v) is 6.35. The number of carbonyl (C=O) groups excluding carboxylic acids is 3. The number of benzodiazepines with no additional fused rings is 1. The molecule has 280 valence electrons. The third-order valence-corrected chi connectivity index (χ3v) is 8.85. The minimum absolute atomic E-state index is 0.00609. The van der Waals surface area contributed by atoms with Crippen LogP contribution >= 0.6 is 11.6 Å². The molecule has 1 atom stereocenters.